The maximum Gasteiger partial charge on any atom is 0.256 e. The molecule has 1 N–H and O–H groups in total. The highest BCUT2D eigenvalue weighted by Crippen LogP contribution is 2.28. The number of ether oxygens (including phenoxy) is 1. The normalized spacial score (nSPS) is 13.2. The number of methoxy groups -OCH3 is 1. The Morgan fingerprint density at radius 2 is 2.10 bits per heavy atom. The zero-order valence-corrected chi connectivity index (χ0v) is 17.2. The van der Waals surface area contributed by atoms with Crippen LogP contribution in [0.4, 0.5) is 4.39 Å². The minimum atomic E-state index is -0.301. The van der Waals surface area contributed by atoms with Gasteiger partial charge in [0.2, 0.25) is 5.88 Å². The van der Waals surface area contributed by atoms with Crippen molar-refractivity contribution in [3.05, 3.63) is 70.9 Å². The number of nitrogens with zero attached hydrogens (tertiary/aromatic N) is 4. The molecule has 8 heteroatoms. The monoisotopic (exact) mass is 409 g/mol. The topological polar surface area (TPSA) is 72.3 Å². The average Bonchev–Trinajstić information content (AvgIpc) is 3.32. The smallest absolute Gasteiger partial charge is 0.256 e. The van der Waals surface area contributed by atoms with Gasteiger partial charge in [0.1, 0.15) is 5.82 Å². The summed E-state index contributed by atoms with van der Waals surface area (Å²) < 4.78 is 20.5. The predicted molar refractivity (Wildman–Crippen MR) is 110 cm³/mol. The van der Waals surface area contributed by atoms with Gasteiger partial charge in [-0.15, -0.1) is 0 Å². The number of fused-ring (bicyclic) bond motifs is 1. The summed E-state index contributed by atoms with van der Waals surface area (Å²) in [5.41, 5.74) is 3.84. The molecule has 4 rings (SSSR count). The number of halogens is 1. The van der Waals surface area contributed by atoms with Crippen LogP contribution in [0.2, 0.25) is 0 Å². The Bertz CT molecular complexity index is 1080. The maximum atomic E-state index is 13.4. The van der Waals surface area contributed by atoms with Crippen molar-refractivity contribution in [2.24, 2.45) is 0 Å². The van der Waals surface area contributed by atoms with E-state index in [1.807, 2.05) is 26.1 Å². The van der Waals surface area contributed by atoms with E-state index in [-0.39, 0.29) is 17.8 Å². The first kappa shape index (κ1) is 20.0. The molecule has 1 amide bonds. The molecule has 0 fully saturated rings. The number of carbonyl (C=O) groups excluding carboxylic acids is 1. The first-order chi connectivity index (χ1) is 14.5. The van der Waals surface area contributed by atoms with Crippen molar-refractivity contribution < 1.29 is 13.9 Å². The summed E-state index contributed by atoms with van der Waals surface area (Å²) >= 11 is 0. The molecule has 30 heavy (non-hydrogen) atoms. The van der Waals surface area contributed by atoms with Crippen molar-refractivity contribution >= 4 is 5.91 Å². The Morgan fingerprint density at radius 1 is 1.27 bits per heavy atom. The lowest BCUT2D eigenvalue weighted by molar-refractivity contribution is 0.0730. The Hall–Kier alpha value is -3.26. The number of nitrogens with one attached hydrogen (secondary N) is 1. The van der Waals surface area contributed by atoms with E-state index in [1.54, 1.807) is 35.0 Å². The van der Waals surface area contributed by atoms with Gasteiger partial charge >= 0.3 is 0 Å². The molecule has 156 valence electrons. The molecular formula is C22H24FN5O2. The summed E-state index contributed by atoms with van der Waals surface area (Å²) in [6.07, 6.45) is 3.59. The van der Waals surface area contributed by atoms with Gasteiger partial charge in [-0.25, -0.2) is 14.1 Å². The van der Waals surface area contributed by atoms with Gasteiger partial charge in [0.05, 0.1) is 36.8 Å². The minimum absolute atomic E-state index is 0.00720. The summed E-state index contributed by atoms with van der Waals surface area (Å²) in [6.45, 7) is 5.54. The summed E-state index contributed by atoms with van der Waals surface area (Å²) in [5, 5.41) is 7.63. The van der Waals surface area contributed by atoms with Crippen LogP contribution in [0.3, 0.4) is 0 Å². The molecule has 0 radical (unpaired) electrons. The van der Waals surface area contributed by atoms with Crippen molar-refractivity contribution in [3.8, 4) is 11.6 Å². The lowest BCUT2D eigenvalue weighted by Crippen LogP contribution is -2.30. The largest absolute Gasteiger partial charge is 0.481 e. The summed E-state index contributed by atoms with van der Waals surface area (Å²) in [7, 11) is 1.58. The highest BCUT2D eigenvalue weighted by Gasteiger charge is 2.31. The fraction of sp³-hybridized carbons (Fsp3) is 0.318. The van der Waals surface area contributed by atoms with Gasteiger partial charge in [0.25, 0.3) is 5.91 Å². The Balaban J connectivity index is 1.44. The van der Waals surface area contributed by atoms with E-state index in [2.05, 4.69) is 15.4 Å². The second-order valence-corrected chi connectivity index (χ2v) is 7.55. The van der Waals surface area contributed by atoms with Crippen molar-refractivity contribution in [1.29, 1.82) is 0 Å². The fourth-order valence-electron chi connectivity index (χ4n) is 3.54. The van der Waals surface area contributed by atoms with Gasteiger partial charge in [-0.2, -0.15) is 5.10 Å². The second kappa shape index (κ2) is 8.23. The average molecular weight is 409 g/mol. The zero-order valence-electron chi connectivity index (χ0n) is 17.2. The van der Waals surface area contributed by atoms with E-state index in [4.69, 9.17) is 4.74 Å². The lowest BCUT2D eigenvalue weighted by atomic mass is 10.1. The van der Waals surface area contributed by atoms with Crippen molar-refractivity contribution in [2.75, 3.05) is 7.11 Å². The van der Waals surface area contributed by atoms with Gasteiger partial charge in [-0.05, 0) is 38.1 Å². The third kappa shape index (κ3) is 3.91. The molecule has 1 aromatic carbocycles. The SMILES string of the molecule is COc1nc2c(cc1CNCc1cnn(-c3cccc(F)c3)c1)C(=O)N(C(C)C)C2. The van der Waals surface area contributed by atoms with Crippen LogP contribution in [0.1, 0.15) is 41.0 Å². The first-order valence-corrected chi connectivity index (χ1v) is 9.84. The van der Waals surface area contributed by atoms with Crippen LogP contribution in [0, 0.1) is 5.82 Å². The minimum Gasteiger partial charge on any atom is -0.481 e. The number of carbonyl (C=O) groups is 1. The van der Waals surface area contributed by atoms with Crippen molar-refractivity contribution in [1.82, 2.24) is 25.0 Å². The molecule has 0 aliphatic carbocycles. The van der Waals surface area contributed by atoms with E-state index in [0.717, 1.165) is 16.8 Å². The van der Waals surface area contributed by atoms with Crippen LogP contribution >= 0.6 is 0 Å². The van der Waals surface area contributed by atoms with Gasteiger partial charge in [0.15, 0.2) is 0 Å². The molecule has 0 bridgehead atoms. The van der Waals surface area contributed by atoms with Gasteiger partial charge in [-0.1, -0.05) is 6.07 Å². The van der Waals surface area contributed by atoms with Crippen molar-refractivity contribution in [3.63, 3.8) is 0 Å². The van der Waals surface area contributed by atoms with Crippen LogP contribution in [0.5, 0.6) is 5.88 Å². The molecular weight excluding hydrogens is 385 g/mol. The van der Waals surface area contributed by atoms with Crippen LogP contribution in [0.25, 0.3) is 5.69 Å². The predicted octanol–water partition coefficient (Wildman–Crippen LogP) is 3.07. The van der Waals surface area contributed by atoms with E-state index in [9.17, 15) is 9.18 Å². The van der Waals surface area contributed by atoms with E-state index >= 15 is 0 Å². The van der Waals surface area contributed by atoms with E-state index in [0.29, 0.717) is 36.8 Å². The van der Waals surface area contributed by atoms with Gasteiger partial charge < -0.3 is 15.0 Å². The number of amides is 1. The van der Waals surface area contributed by atoms with Gasteiger partial charge in [0, 0.05) is 36.5 Å². The van der Waals surface area contributed by atoms with Crippen molar-refractivity contribution in [2.45, 2.75) is 39.5 Å². The highest BCUT2D eigenvalue weighted by molar-refractivity contribution is 5.98. The number of hydrogen-bond donors (Lipinski definition) is 1. The number of hydrogen-bond acceptors (Lipinski definition) is 5. The molecule has 7 nitrogen and oxygen atoms in total. The molecule has 1 aliphatic heterocycles. The lowest BCUT2D eigenvalue weighted by Gasteiger charge is -2.19. The maximum absolute atomic E-state index is 13.4. The van der Waals surface area contributed by atoms with Crippen LogP contribution in [-0.2, 0) is 19.6 Å². The fourth-order valence-corrected chi connectivity index (χ4v) is 3.54. The number of aromatic nitrogens is 3. The van der Waals surface area contributed by atoms with Gasteiger partial charge in [-0.3, -0.25) is 4.79 Å². The van der Waals surface area contributed by atoms with E-state index in [1.165, 1.54) is 12.1 Å². The molecule has 2 aromatic heterocycles. The molecule has 0 unspecified atom stereocenters. The first-order valence-electron chi connectivity index (χ1n) is 9.84. The number of pyridine rings is 1. The molecule has 0 atom stereocenters. The number of rotatable bonds is 7. The van der Waals surface area contributed by atoms with E-state index < -0.39 is 0 Å². The quantitative estimate of drug-likeness (QED) is 0.649. The molecule has 3 heterocycles. The van der Waals surface area contributed by atoms with Crippen LogP contribution in [-0.4, -0.2) is 38.7 Å². The molecule has 3 aromatic rings. The molecule has 0 saturated heterocycles. The standard InChI is InChI=1S/C22H24FN5O2/c1-14(2)27-13-20-19(22(27)29)7-16(21(26-20)30-3)11-24-9-15-10-25-28(12-15)18-6-4-5-17(23)8-18/h4-8,10,12,14,24H,9,11,13H2,1-3H3. The van der Waals surface area contributed by atoms with Crippen LogP contribution in [0.15, 0.2) is 42.7 Å². The Morgan fingerprint density at radius 3 is 2.83 bits per heavy atom. The highest BCUT2D eigenvalue weighted by atomic mass is 19.1. The molecule has 1 aliphatic rings. The summed E-state index contributed by atoms with van der Waals surface area (Å²) in [6, 6.07) is 8.27. The summed E-state index contributed by atoms with van der Waals surface area (Å²) in [4.78, 5) is 19.0. The number of benzene rings is 1. The zero-order chi connectivity index (χ0) is 21.3. The Labute approximate surface area is 174 Å². The van der Waals surface area contributed by atoms with Crippen LogP contribution < -0.4 is 10.1 Å². The Kier molecular flexibility index (Phi) is 5.50. The third-order valence-electron chi connectivity index (χ3n) is 5.12. The third-order valence-corrected chi connectivity index (χ3v) is 5.12. The molecule has 0 spiro atoms. The summed E-state index contributed by atoms with van der Waals surface area (Å²) in [5.74, 6) is 0.229. The molecule has 0 saturated carbocycles. The second-order valence-electron chi connectivity index (χ2n) is 7.55.